The lowest BCUT2D eigenvalue weighted by atomic mass is 9.80. The van der Waals surface area contributed by atoms with Gasteiger partial charge in [0.1, 0.15) is 11.7 Å². The number of rotatable bonds is 7. The van der Waals surface area contributed by atoms with E-state index in [1.807, 2.05) is 0 Å². The average Bonchev–Trinajstić information content (AvgIpc) is 2.81. The van der Waals surface area contributed by atoms with E-state index >= 15 is 0 Å². The summed E-state index contributed by atoms with van der Waals surface area (Å²) in [6.45, 7) is 0. The monoisotopic (exact) mass is 450 g/mol. The van der Waals surface area contributed by atoms with Gasteiger partial charge in [0.2, 0.25) is 5.24 Å². The van der Waals surface area contributed by atoms with Crippen molar-refractivity contribution < 1.29 is 14.3 Å². The SMILES string of the molecule is O=C(Cl)CCC1CCCCC1.O=C1O/C(=C\CC2CCCCC2)C1CC1CCCCC1. The van der Waals surface area contributed by atoms with Crippen LogP contribution in [0.1, 0.15) is 122 Å². The molecule has 176 valence electrons. The molecule has 3 nitrogen and oxygen atoms in total. The number of carbonyl (C=O) groups is 2. The summed E-state index contributed by atoms with van der Waals surface area (Å²) >= 11 is 5.26. The Labute approximate surface area is 194 Å². The normalized spacial score (nSPS) is 27.2. The summed E-state index contributed by atoms with van der Waals surface area (Å²) in [6.07, 6.45) is 26.4. The number of halogens is 1. The number of esters is 1. The second-order valence-electron chi connectivity index (χ2n) is 10.5. The van der Waals surface area contributed by atoms with Gasteiger partial charge in [0.05, 0.1) is 0 Å². The first kappa shape index (κ1) is 24.8. The van der Waals surface area contributed by atoms with Gasteiger partial charge in [0.25, 0.3) is 0 Å². The highest BCUT2D eigenvalue weighted by atomic mass is 35.5. The molecule has 1 atom stereocenters. The van der Waals surface area contributed by atoms with E-state index in [1.54, 1.807) is 0 Å². The molecule has 4 heteroatoms. The topological polar surface area (TPSA) is 43.4 Å². The molecule has 4 aliphatic rings. The Morgan fingerprint density at radius 2 is 1.32 bits per heavy atom. The summed E-state index contributed by atoms with van der Waals surface area (Å²) < 4.78 is 5.31. The first-order chi connectivity index (χ1) is 15.1. The fraction of sp³-hybridized carbons (Fsp3) is 0.852. The summed E-state index contributed by atoms with van der Waals surface area (Å²) in [5, 5.41) is -0.171. The molecule has 0 bridgehead atoms. The maximum Gasteiger partial charge on any atom is 0.321 e. The maximum atomic E-state index is 11.7. The molecule has 3 saturated carbocycles. The third kappa shape index (κ3) is 8.91. The van der Waals surface area contributed by atoms with Crippen LogP contribution in [0.15, 0.2) is 11.8 Å². The number of carbonyl (C=O) groups excluding carboxylic acids is 2. The van der Waals surface area contributed by atoms with Crippen LogP contribution in [-0.2, 0) is 14.3 Å². The Morgan fingerprint density at radius 1 is 0.806 bits per heavy atom. The van der Waals surface area contributed by atoms with Gasteiger partial charge in [-0.1, -0.05) is 96.3 Å². The van der Waals surface area contributed by atoms with E-state index in [2.05, 4.69) is 6.08 Å². The third-order valence-corrected chi connectivity index (χ3v) is 8.18. The molecule has 0 amide bonds. The van der Waals surface area contributed by atoms with Crippen LogP contribution in [0.3, 0.4) is 0 Å². The van der Waals surface area contributed by atoms with Crippen LogP contribution in [0.5, 0.6) is 0 Å². The second kappa shape index (κ2) is 13.7. The van der Waals surface area contributed by atoms with E-state index in [4.69, 9.17) is 16.3 Å². The molecule has 4 fully saturated rings. The third-order valence-electron chi connectivity index (χ3n) is 7.99. The van der Waals surface area contributed by atoms with Crippen molar-refractivity contribution in [2.45, 2.75) is 122 Å². The highest BCUT2D eigenvalue weighted by Gasteiger charge is 2.39. The molecule has 3 aliphatic carbocycles. The van der Waals surface area contributed by atoms with Crippen molar-refractivity contribution in [1.82, 2.24) is 0 Å². The second-order valence-corrected chi connectivity index (χ2v) is 10.9. The summed E-state index contributed by atoms with van der Waals surface area (Å²) in [6, 6.07) is 0. The molecule has 31 heavy (non-hydrogen) atoms. The predicted octanol–water partition coefficient (Wildman–Crippen LogP) is 8.10. The minimum Gasteiger partial charge on any atom is -0.430 e. The standard InChI is InChI=1S/C18H28O2.C9H15ClO/c19-18-16(13-15-9-5-2-6-10-15)17(20-18)12-11-14-7-3-1-4-8-14;10-9(11)7-6-8-4-2-1-3-5-8/h12,14-16H,1-11,13H2;8H,1-7H2/b17-12-;. The Bertz CT molecular complexity index is 581. The van der Waals surface area contributed by atoms with Gasteiger partial charge in [-0.2, -0.15) is 0 Å². The minimum atomic E-state index is -0.171. The molecular weight excluding hydrogens is 408 g/mol. The highest BCUT2D eigenvalue weighted by Crippen LogP contribution is 2.38. The molecule has 1 saturated heterocycles. The molecule has 0 spiro atoms. The molecule has 0 aromatic carbocycles. The van der Waals surface area contributed by atoms with E-state index < -0.39 is 0 Å². The summed E-state index contributed by atoms with van der Waals surface area (Å²) in [5.41, 5.74) is 0. The van der Waals surface area contributed by atoms with Gasteiger partial charge in [-0.15, -0.1) is 0 Å². The lowest BCUT2D eigenvalue weighted by molar-refractivity contribution is -0.158. The van der Waals surface area contributed by atoms with Crippen molar-refractivity contribution in [3.8, 4) is 0 Å². The Hall–Kier alpha value is -0.830. The van der Waals surface area contributed by atoms with E-state index in [0.29, 0.717) is 6.42 Å². The average molecular weight is 451 g/mol. The first-order valence-corrected chi connectivity index (χ1v) is 13.6. The molecule has 0 N–H and O–H groups in total. The summed E-state index contributed by atoms with van der Waals surface area (Å²) in [4.78, 5) is 22.2. The van der Waals surface area contributed by atoms with Crippen LogP contribution in [0, 0.1) is 23.7 Å². The van der Waals surface area contributed by atoms with Gasteiger partial charge < -0.3 is 4.74 Å². The highest BCUT2D eigenvalue weighted by molar-refractivity contribution is 6.63. The van der Waals surface area contributed by atoms with Crippen molar-refractivity contribution in [3.05, 3.63) is 11.8 Å². The number of allylic oxidation sites excluding steroid dienone is 1. The fourth-order valence-electron chi connectivity index (χ4n) is 5.97. The van der Waals surface area contributed by atoms with Crippen LogP contribution in [-0.4, -0.2) is 11.2 Å². The Kier molecular flexibility index (Phi) is 10.9. The smallest absolute Gasteiger partial charge is 0.321 e. The minimum absolute atomic E-state index is 0.0328. The predicted molar refractivity (Wildman–Crippen MR) is 127 cm³/mol. The molecule has 4 rings (SSSR count). The maximum absolute atomic E-state index is 11.7. The van der Waals surface area contributed by atoms with Gasteiger partial charge >= 0.3 is 5.97 Å². The summed E-state index contributed by atoms with van der Waals surface area (Å²) in [7, 11) is 0. The van der Waals surface area contributed by atoms with Gasteiger partial charge in [-0.05, 0) is 54.7 Å². The number of ether oxygens (including phenoxy) is 1. The molecule has 0 aromatic rings. The molecule has 1 heterocycles. The van der Waals surface area contributed by atoms with Crippen LogP contribution in [0.4, 0.5) is 0 Å². The van der Waals surface area contributed by atoms with Crippen molar-refractivity contribution in [2.24, 2.45) is 23.7 Å². The van der Waals surface area contributed by atoms with Crippen molar-refractivity contribution in [3.63, 3.8) is 0 Å². The zero-order valence-electron chi connectivity index (χ0n) is 19.4. The van der Waals surface area contributed by atoms with E-state index in [1.165, 1.54) is 96.3 Å². The quantitative estimate of drug-likeness (QED) is 0.290. The molecule has 0 aromatic heterocycles. The fourth-order valence-corrected chi connectivity index (χ4v) is 6.08. The lowest BCUT2D eigenvalue weighted by Crippen LogP contribution is -2.34. The molecule has 1 aliphatic heterocycles. The Balaban J connectivity index is 0.000000210. The van der Waals surface area contributed by atoms with E-state index in [9.17, 15) is 9.59 Å². The lowest BCUT2D eigenvalue weighted by Gasteiger charge is -2.32. The van der Waals surface area contributed by atoms with Crippen LogP contribution in [0.2, 0.25) is 0 Å². The van der Waals surface area contributed by atoms with Gasteiger partial charge in [-0.25, -0.2) is 0 Å². The van der Waals surface area contributed by atoms with Gasteiger partial charge in [0, 0.05) is 6.42 Å². The van der Waals surface area contributed by atoms with Crippen LogP contribution >= 0.6 is 11.6 Å². The van der Waals surface area contributed by atoms with Crippen LogP contribution in [0.25, 0.3) is 0 Å². The van der Waals surface area contributed by atoms with Crippen molar-refractivity contribution in [2.75, 3.05) is 0 Å². The number of cyclic esters (lactones) is 1. The van der Waals surface area contributed by atoms with E-state index in [0.717, 1.165) is 42.8 Å². The zero-order valence-corrected chi connectivity index (χ0v) is 20.2. The van der Waals surface area contributed by atoms with Gasteiger partial charge in [0.15, 0.2) is 0 Å². The molecular formula is C27H43ClO3. The first-order valence-electron chi connectivity index (χ1n) is 13.2. The Morgan fingerprint density at radius 3 is 1.84 bits per heavy atom. The largest absolute Gasteiger partial charge is 0.430 e. The summed E-state index contributed by atoms with van der Waals surface area (Å²) in [5.74, 6) is 3.54. The van der Waals surface area contributed by atoms with E-state index in [-0.39, 0.29) is 17.1 Å². The molecule has 1 unspecified atom stereocenters. The van der Waals surface area contributed by atoms with Gasteiger partial charge in [-0.3, -0.25) is 9.59 Å². The van der Waals surface area contributed by atoms with Crippen molar-refractivity contribution in [1.29, 1.82) is 0 Å². The number of hydrogen-bond acceptors (Lipinski definition) is 3. The van der Waals surface area contributed by atoms with Crippen LogP contribution < -0.4 is 0 Å². The number of hydrogen-bond donors (Lipinski definition) is 0. The molecule has 0 radical (unpaired) electrons. The zero-order chi connectivity index (χ0) is 21.9. The van der Waals surface area contributed by atoms with Crippen molar-refractivity contribution >= 4 is 22.8 Å².